The summed E-state index contributed by atoms with van der Waals surface area (Å²) in [6.07, 6.45) is 1.15. The molecule has 0 amide bonds. The molecular weight excluding hydrogens is 432 g/mol. The number of benzene rings is 2. The van der Waals surface area contributed by atoms with E-state index in [2.05, 4.69) is 72.9 Å². The number of hydrazone groups is 1. The van der Waals surface area contributed by atoms with Gasteiger partial charge in [0.2, 0.25) is 0 Å². The number of anilines is 1. The lowest BCUT2D eigenvalue weighted by Gasteiger charge is -2.21. The standard InChI is InChI=1S/C29H30N6/c1-19-15-21(20(2)34(19)24-13-11-23(12-14-24)29(3,4)5)16-22(17-30)27-26(18-31)28(32)35(33-27)25-9-7-6-8-10-25/h6-16,26,28H,32H2,1-5H3/b22-16-/t26-,28-/m1/s1. The number of nitriles is 2. The molecule has 3 aromatic rings. The van der Waals surface area contributed by atoms with Crippen molar-refractivity contribution in [2.45, 2.75) is 46.2 Å². The second kappa shape index (κ2) is 9.25. The predicted molar refractivity (Wildman–Crippen MR) is 141 cm³/mol. The number of hydrogen-bond acceptors (Lipinski definition) is 5. The van der Waals surface area contributed by atoms with E-state index in [1.807, 2.05) is 50.3 Å². The van der Waals surface area contributed by atoms with Gasteiger partial charge < -0.3 is 10.3 Å². The number of nitrogens with zero attached hydrogens (tertiary/aromatic N) is 5. The highest BCUT2D eigenvalue weighted by Crippen LogP contribution is 2.30. The Morgan fingerprint density at radius 2 is 1.66 bits per heavy atom. The van der Waals surface area contributed by atoms with Gasteiger partial charge in [-0.25, -0.2) is 5.01 Å². The van der Waals surface area contributed by atoms with Crippen molar-refractivity contribution in [2.75, 3.05) is 5.01 Å². The molecule has 4 rings (SSSR count). The number of aryl methyl sites for hydroxylation is 1. The van der Waals surface area contributed by atoms with Gasteiger partial charge in [-0.3, -0.25) is 0 Å². The second-order valence-electron chi connectivity index (χ2n) is 9.89. The van der Waals surface area contributed by atoms with Gasteiger partial charge in [0.1, 0.15) is 18.2 Å². The number of hydrogen-bond donors (Lipinski definition) is 1. The Labute approximate surface area is 207 Å². The largest absolute Gasteiger partial charge is 0.318 e. The Morgan fingerprint density at radius 3 is 2.23 bits per heavy atom. The van der Waals surface area contributed by atoms with E-state index in [9.17, 15) is 10.5 Å². The van der Waals surface area contributed by atoms with Crippen molar-refractivity contribution in [1.82, 2.24) is 4.57 Å². The zero-order chi connectivity index (χ0) is 25.3. The first-order valence-corrected chi connectivity index (χ1v) is 11.7. The third-order valence-electron chi connectivity index (χ3n) is 6.45. The van der Waals surface area contributed by atoms with Gasteiger partial charge in [0, 0.05) is 17.1 Å². The van der Waals surface area contributed by atoms with Crippen molar-refractivity contribution in [3.8, 4) is 17.8 Å². The van der Waals surface area contributed by atoms with Gasteiger partial charge >= 0.3 is 0 Å². The van der Waals surface area contributed by atoms with Crippen LogP contribution < -0.4 is 10.7 Å². The van der Waals surface area contributed by atoms with Crippen LogP contribution in [0.3, 0.4) is 0 Å². The highest BCUT2D eigenvalue weighted by atomic mass is 15.5. The summed E-state index contributed by atoms with van der Waals surface area (Å²) in [4.78, 5) is 0. The second-order valence-corrected chi connectivity index (χ2v) is 9.89. The number of rotatable bonds is 4. The maximum Gasteiger partial charge on any atom is 0.127 e. The van der Waals surface area contributed by atoms with Crippen molar-refractivity contribution in [3.63, 3.8) is 0 Å². The highest BCUT2D eigenvalue weighted by Gasteiger charge is 2.37. The average molecular weight is 463 g/mol. The highest BCUT2D eigenvalue weighted by molar-refractivity contribution is 6.11. The lowest BCUT2D eigenvalue weighted by molar-refractivity contribution is 0.590. The number of aromatic nitrogens is 1. The molecule has 2 N–H and O–H groups in total. The monoisotopic (exact) mass is 462 g/mol. The summed E-state index contributed by atoms with van der Waals surface area (Å²) >= 11 is 0. The Balaban J connectivity index is 1.73. The first kappa shape index (κ1) is 24.0. The van der Waals surface area contributed by atoms with E-state index >= 15 is 0 Å². The fraction of sp³-hybridized carbons (Fsp3) is 0.276. The lowest BCUT2D eigenvalue weighted by atomic mass is 9.87. The van der Waals surface area contributed by atoms with Gasteiger partial charge in [0.15, 0.2) is 0 Å². The molecule has 0 radical (unpaired) electrons. The molecule has 0 spiro atoms. The van der Waals surface area contributed by atoms with Crippen molar-refractivity contribution >= 4 is 17.5 Å². The van der Waals surface area contributed by atoms with Crippen LogP contribution in [0.2, 0.25) is 0 Å². The van der Waals surface area contributed by atoms with Crippen molar-refractivity contribution < 1.29 is 0 Å². The van der Waals surface area contributed by atoms with Crippen LogP contribution in [0.15, 0.2) is 71.3 Å². The van der Waals surface area contributed by atoms with Crippen molar-refractivity contribution in [2.24, 2.45) is 16.8 Å². The Bertz CT molecular complexity index is 1370. The number of allylic oxidation sites excluding steroid dienone is 1. The summed E-state index contributed by atoms with van der Waals surface area (Å²) in [5, 5.41) is 26.1. The first-order chi connectivity index (χ1) is 16.7. The van der Waals surface area contributed by atoms with Crippen LogP contribution in [0, 0.1) is 42.4 Å². The average Bonchev–Trinajstić information content (AvgIpc) is 3.32. The molecule has 0 unspecified atom stereocenters. The van der Waals surface area contributed by atoms with Gasteiger partial charge in [-0.2, -0.15) is 15.6 Å². The molecule has 1 aliphatic heterocycles. The lowest BCUT2D eigenvalue weighted by Crippen LogP contribution is -2.40. The van der Waals surface area contributed by atoms with Crippen LogP contribution in [0.25, 0.3) is 11.8 Å². The Morgan fingerprint density at radius 1 is 1.00 bits per heavy atom. The molecule has 0 fully saturated rings. The zero-order valence-electron chi connectivity index (χ0n) is 20.8. The minimum absolute atomic E-state index is 0.0860. The fourth-order valence-corrected chi connectivity index (χ4v) is 4.48. The van der Waals surface area contributed by atoms with Crippen molar-refractivity contribution in [3.05, 3.63) is 88.8 Å². The Kier molecular flexibility index (Phi) is 6.35. The quantitative estimate of drug-likeness (QED) is 0.511. The van der Waals surface area contributed by atoms with Gasteiger partial charge in [0.25, 0.3) is 0 Å². The molecule has 176 valence electrons. The Hall–Kier alpha value is -4.13. The molecule has 0 bridgehead atoms. The van der Waals surface area contributed by atoms with E-state index in [4.69, 9.17) is 5.73 Å². The number of nitrogens with two attached hydrogens (primary N) is 1. The molecule has 0 saturated carbocycles. The topological polar surface area (TPSA) is 94.1 Å². The zero-order valence-corrected chi connectivity index (χ0v) is 20.8. The molecule has 1 aromatic heterocycles. The maximum atomic E-state index is 10.0. The van der Waals surface area contributed by atoms with E-state index in [0.717, 1.165) is 28.3 Å². The van der Waals surface area contributed by atoms with Gasteiger partial charge in [-0.1, -0.05) is 51.1 Å². The van der Waals surface area contributed by atoms with E-state index < -0.39 is 12.1 Å². The van der Waals surface area contributed by atoms with E-state index in [0.29, 0.717) is 11.3 Å². The summed E-state index contributed by atoms with van der Waals surface area (Å²) in [7, 11) is 0. The normalized spacial score (nSPS) is 18.2. The molecule has 2 heterocycles. The SMILES string of the molecule is Cc1cc(/C=C(/C#N)C2=NN(c3ccccc3)[C@@H](N)[C@@H]2C#N)c(C)n1-c1ccc(C(C)(C)C)cc1. The maximum absolute atomic E-state index is 10.0. The third kappa shape index (κ3) is 4.49. The van der Waals surface area contributed by atoms with Gasteiger partial charge in [-0.05, 0) is 66.8 Å². The van der Waals surface area contributed by atoms with E-state index in [1.54, 1.807) is 5.01 Å². The van der Waals surface area contributed by atoms with Crippen LogP contribution in [-0.4, -0.2) is 16.4 Å². The first-order valence-electron chi connectivity index (χ1n) is 11.7. The van der Waals surface area contributed by atoms with E-state index in [-0.39, 0.29) is 5.41 Å². The molecule has 0 aliphatic carbocycles. The molecular formula is C29H30N6. The van der Waals surface area contributed by atoms with Crippen LogP contribution in [0.4, 0.5) is 5.69 Å². The molecule has 0 saturated heterocycles. The summed E-state index contributed by atoms with van der Waals surface area (Å²) in [5.41, 5.74) is 13.3. The smallest absolute Gasteiger partial charge is 0.127 e. The van der Waals surface area contributed by atoms with Gasteiger partial charge in [0.05, 0.1) is 23.0 Å². The molecule has 2 atom stereocenters. The third-order valence-corrected chi connectivity index (χ3v) is 6.45. The summed E-state index contributed by atoms with van der Waals surface area (Å²) in [5.74, 6) is -0.713. The molecule has 35 heavy (non-hydrogen) atoms. The van der Waals surface area contributed by atoms with Gasteiger partial charge in [-0.15, -0.1) is 0 Å². The van der Waals surface area contributed by atoms with Crippen LogP contribution in [0.5, 0.6) is 0 Å². The molecule has 6 nitrogen and oxygen atoms in total. The summed E-state index contributed by atoms with van der Waals surface area (Å²) < 4.78 is 2.17. The predicted octanol–water partition coefficient (Wildman–Crippen LogP) is 5.60. The molecule has 1 aliphatic rings. The molecule has 2 aromatic carbocycles. The number of para-hydroxylation sites is 1. The summed E-state index contributed by atoms with van der Waals surface area (Å²) in [6.45, 7) is 10.7. The minimum atomic E-state index is -0.713. The van der Waals surface area contributed by atoms with E-state index in [1.165, 1.54) is 5.56 Å². The summed E-state index contributed by atoms with van der Waals surface area (Å²) in [6, 6.07) is 24.6. The van der Waals surface area contributed by atoms with Crippen molar-refractivity contribution in [1.29, 1.82) is 10.5 Å². The minimum Gasteiger partial charge on any atom is -0.318 e. The van der Waals surface area contributed by atoms with Crippen LogP contribution >= 0.6 is 0 Å². The van der Waals surface area contributed by atoms with Crippen LogP contribution in [-0.2, 0) is 5.41 Å². The molecule has 6 heteroatoms. The fourth-order valence-electron chi connectivity index (χ4n) is 4.48. The van der Waals surface area contributed by atoms with Crippen LogP contribution in [0.1, 0.15) is 43.3 Å².